The van der Waals surface area contributed by atoms with Crippen molar-refractivity contribution >= 4 is 10.0 Å². The summed E-state index contributed by atoms with van der Waals surface area (Å²) >= 11 is 0. The summed E-state index contributed by atoms with van der Waals surface area (Å²) in [4.78, 5) is 2.15. The second-order valence-corrected chi connectivity index (χ2v) is 8.31. The summed E-state index contributed by atoms with van der Waals surface area (Å²) in [6.07, 6.45) is 0.603. The van der Waals surface area contributed by atoms with Crippen molar-refractivity contribution in [2.75, 3.05) is 46.7 Å². The zero-order chi connectivity index (χ0) is 17.0. The van der Waals surface area contributed by atoms with Crippen LogP contribution in [0.2, 0.25) is 0 Å². The second kappa shape index (κ2) is 7.51. The molecular formula is C16H26N2O4S. The van der Waals surface area contributed by atoms with Crippen molar-refractivity contribution in [3.05, 3.63) is 23.8 Å². The lowest BCUT2D eigenvalue weighted by Crippen LogP contribution is -2.29. The van der Waals surface area contributed by atoms with Crippen LogP contribution >= 0.6 is 0 Å². The standard InChI is InChI=1S/C16H26N2O4S/c1-13(18(4)8-5-11-23(19,20)17(2)3)14-6-7-15-16(12-14)22-10-9-21-15/h6-7,12-13H,5,8-11H2,1-4H3. The maximum absolute atomic E-state index is 11.8. The Hall–Kier alpha value is -1.31. The molecule has 1 unspecified atom stereocenters. The molecule has 1 atom stereocenters. The summed E-state index contributed by atoms with van der Waals surface area (Å²) in [5.41, 5.74) is 1.13. The molecular weight excluding hydrogens is 316 g/mol. The number of nitrogens with zero attached hydrogens (tertiary/aromatic N) is 2. The van der Waals surface area contributed by atoms with Gasteiger partial charge in [-0.3, -0.25) is 4.90 Å². The number of sulfonamides is 1. The topological polar surface area (TPSA) is 59.1 Å². The Balaban J connectivity index is 1.93. The van der Waals surface area contributed by atoms with E-state index < -0.39 is 10.0 Å². The van der Waals surface area contributed by atoms with Crippen LogP contribution in [0.4, 0.5) is 0 Å². The van der Waals surface area contributed by atoms with Crippen molar-refractivity contribution in [2.45, 2.75) is 19.4 Å². The van der Waals surface area contributed by atoms with Gasteiger partial charge in [0.05, 0.1) is 5.75 Å². The summed E-state index contributed by atoms with van der Waals surface area (Å²) in [5, 5.41) is 0. The average molecular weight is 342 g/mol. The van der Waals surface area contributed by atoms with Gasteiger partial charge in [0.1, 0.15) is 13.2 Å². The van der Waals surface area contributed by atoms with E-state index in [9.17, 15) is 8.42 Å². The fraction of sp³-hybridized carbons (Fsp3) is 0.625. The van der Waals surface area contributed by atoms with Gasteiger partial charge in [0.15, 0.2) is 11.5 Å². The van der Waals surface area contributed by atoms with Gasteiger partial charge in [0.25, 0.3) is 0 Å². The largest absolute Gasteiger partial charge is 0.486 e. The number of ether oxygens (including phenoxy) is 2. The maximum Gasteiger partial charge on any atom is 0.213 e. The lowest BCUT2D eigenvalue weighted by atomic mass is 10.1. The predicted molar refractivity (Wildman–Crippen MR) is 90.6 cm³/mol. The predicted octanol–water partition coefficient (Wildman–Crippen LogP) is 1.73. The van der Waals surface area contributed by atoms with E-state index in [1.165, 1.54) is 4.31 Å². The Morgan fingerprint density at radius 1 is 1.13 bits per heavy atom. The number of rotatable bonds is 7. The summed E-state index contributed by atoms with van der Waals surface area (Å²) in [6.45, 7) is 3.97. The zero-order valence-electron chi connectivity index (χ0n) is 14.3. The molecule has 130 valence electrons. The smallest absolute Gasteiger partial charge is 0.213 e. The number of hydrogen-bond donors (Lipinski definition) is 0. The van der Waals surface area contributed by atoms with Crippen LogP contribution in [0.1, 0.15) is 24.9 Å². The lowest BCUT2D eigenvalue weighted by Gasteiger charge is -2.27. The van der Waals surface area contributed by atoms with Crippen molar-refractivity contribution < 1.29 is 17.9 Å². The molecule has 0 radical (unpaired) electrons. The van der Waals surface area contributed by atoms with Gasteiger partial charge < -0.3 is 9.47 Å². The second-order valence-electron chi connectivity index (χ2n) is 6.01. The highest BCUT2D eigenvalue weighted by Crippen LogP contribution is 2.33. The zero-order valence-corrected chi connectivity index (χ0v) is 15.1. The molecule has 1 aliphatic heterocycles. The average Bonchev–Trinajstić information content (AvgIpc) is 2.53. The molecule has 23 heavy (non-hydrogen) atoms. The van der Waals surface area contributed by atoms with E-state index in [0.717, 1.165) is 17.1 Å². The van der Waals surface area contributed by atoms with Gasteiger partial charge in [-0.15, -0.1) is 0 Å². The number of benzene rings is 1. The summed E-state index contributed by atoms with van der Waals surface area (Å²) in [5.74, 6) is 1.73. The van der Waals surface area contributed by atoms with Gasteiger partial charge in [-0.1, -0.05) is 6.07 Å². The van der Waals surface area contributed by atoms with E-state index in [-0.39, 0.29) is 11.8 Å². The van der Waals surface area contributed by atoms with Crippen LogP contribution in [0.5, 0.6) is 11.5 Å². The minimum absolute atomic E-state index is 0.165. The van der Waals surface area contributed by atoms with Crippen LogP contribution in [0.3, 0.4) is 0 Å². The SMILES string of the molecule is CC(c1ccc2c(c1)OCCO2)N(C)CCCS(=O)(=O)N(C)C. The first kappa shape index (κ1) is 18.0. The molecule has 0 bridgehead atoms. The molecule has 0 saturated heterocycles. The van der Waals surface area contributed by atoms with Crippen molar-refractivity contribution in [3.8, 4) is 11.5 Å². The fourth-order valence-corrected chi connectivity index (χ4v) is 3.31. The molecule has 7 heteroatoms. The first-order valence-electron chi connectivity index (χ1n) is 7.81. The first-order chi connectivity index (χ1) is 10.8. The van der Waals surface area contributed by atoms with Crippen LogP contribution < -0.4 is 9.47 Å². The van der Waals surface area contributed by atoms with E-state index in [2.05, 4.69) is 11.8 Å². The molecule has 0 saturated carbocycles. The molecule has 0 N–H and O–H groups in total. The van der Waals surface area contributed by atoms with E-state index in [0.29, 0.717) is 26.2 Å². The molecule has 1 heterocycles. The minimum atomic E-state index is -3.13. The molecule has 1 aromatic carbocycles. The Bertz CT molecular complexity index is 631. The van der Waals surface area contributed by atoms with Crippen molar-refractivity contribution in [1.29, 1.82) is 0 Å². The molecule has 1 aliphatic rings. The normalized spacial score (nSPS) is 15.9. The van der Waals surface area contributed by atoms with Gasteiger partial charge in [-0.25, -0.2) is 12.7 Å². The Kier molecular flexibility index (Phi) is 5.89. The fourth-order valence-electron chi connectivity index (χ4n) is 2.45. The van der Waals surface area contributed by atoms with Gasteiger partial charge in [0.2, 0.25) is 10.0 Å². The van der Waals surface area contributed by atoms with E-state index >= 15 is 0 Å². The van der Waals surface area contributed by atoms with E-state index in [1.807, 2.05) is 25.2 Å². The third-order valence-corrected chi connectivity index (χ3v) is 6.10. The van der Waals surface area contributed by atoms with Crippen LogP contribution in [0.15, 0.2) is 18.2 Å². The van der Waals surface area contributed by atoms with Crippen molar-refractivity contribution in [3.63, 3.8) is 0 Å². The number of hydrogen-bond acceptors (Lipinski definition) is 5. The highest BCUT2D eigenvalue weighted by molar-refractivity contribution is 7.89. The Labute approximate surface area is 139 Å². The molecule has 0 aromatic heterocycles. The highest BCUT2D eigenvalue weighted by atomic mass is 32.2. The van der Waals surface area contributed by atoms with Gasteiger partial charge in [0, 0.05) is 20.1 Å². The quantitative estimate of drug-likeness (QED) is 0.755. The van der Waals surface area contributed by atoms with Gasteiger partial charge >= 0.3 is 0 Å². The van der Waals surface area contributed by atoms with Crippen LogP contribution in [0, 0.1) is 0 Å². The first-order valence-corrected chi connectivity index (χ1v) is 9.42. The molecule has 0 amide bonds. The van der Waals surface area contributed by atoms with Gasteiger partial charge in [-0.2, -0.15) is 0 Å². The minimum Gasteiger partial charge on any atom is -0.486 e. The van der Waals surface area contributed by atoms with Crippen LogP contribution in [0.25, 0.3) is 0 Å². The molecule has 6 nitrogen and oxygen atoms in total. The molecule has 0 spiro atoms. The highest BCUT2D eigenvalue weighted by Gasteiger charge is 2.18. The lowest BCUT2D eigenvalue weighted by molar-refractivity contribution is 0.170. The summed E-state index contributed by atoms with van der Waals surface area (Å²) in [7, 11) is 2.01. The Morgan fingerprint density at radius 3 is 2.43 bits per heavy atom. The van der Waals surface area contributed by atoms with Crippen molar-refractivity contribution in [2.24, 2.45) is 0 Å². The summed E-state index contributed by atoms with van der Waals surface area (Å²) in [6, 6.07) is 6.15. The molecule has 0 aliphatic carbocycles. The van der Waals surface area contributed by atoms with Crippen LogP contribution in [-0.4, -0.2) is 64.3 Å². The van der Waals surface area contributed by atoms with E-state index in [4.69, 9.17) is 9.47 Å². The molecule has 0 fully saturated rings. The van der Waals surface area contributed by atoms with E-state index in [1.54, 1.807) is 14.1 Å². The summed E-state index contributed by atoms with van der Waals surface area (Å²) < 4.78 is 36.0. The van der Waals surface area contributed by atoms with Gasteiger partial charge in [-0.05, 0) is 44.6 Å². The number of fused-ring (bicyclic) bond motifs is 1. The molecule has 2 rings (SSSR count). The monoisotopic (exact) mass is 342 g/mol. The maximum atomic E-state index is 11.8. The third kappa shape index (κ3) is 4.59. The Morgan fingerprint density at radius 2 is 1.78 bits per heavy atom. The van der Waals surface area contributed by atoms with Crippen LogP contribution in [-0.2, 0) is 10.0 Å². The third-order valence-electron chi connectivity index (χ3n) is 4.18. The van der Waals surface area contributed by atoms with Crippen molar-refractivity contribution in [1.82, 2.24) is 9.21 Å². The molecule has 1 aromatic rings.